The van der Waals surface area contributed by atoms with Gasteiger partial charge < -0.3 is 21.3 Å². The smallest absolute Gasteiger partial charge is 0.255 e. The number of phenols is 2. The Morgan fingerprint density at radius 2 is 1.74 bits per heavy atom. The summed E-state index contributed by atoms with van der Waals surface area (Å²) in [5, 5.41) is 21.3. The molecule has 0 fully saturated rings. The summed E-state index contributed by atoms with van der Waals surface area (Å²) in [4.78, 5) is 12.0. The first-order valence-electron chi connectivity index (χ1n) is 5.35. The number of carbonyl (C=O) groups is 1. The van der Waals surface area contributed by atoms with Gasteiger partial charge in [0.2, 0.25) is 0 Å². The molecule has 0 bridgehead atoms. The third-order valence-corrected chi connectivity index (χ3v) is 2.92. The summed E-state index contributed by atoms with van der Waals surface area (Å²) in [6, 6.07) is 8.71. The van der Waals surface area contributed by atoms with Crippen LogP contribution in [0.4, 0.5) is 11.4 Å². The van der Waals surface area contributed by atoms with Gasteiger partial charge in [-0.1, -0.05) is 15.9 Å². The Morgan fingerprint density at radius 3 is 2.32 bits per heavy atom. The quantitative estimate of drug-likeness (QED) is 0.639. The van der Waals surface area contributed by atoms with Gasteiger partial charge in [-0.3, -0.25) is 4.79 Å². The van der Waals surface area contributed by atoms with Crippen LogP contribution < -0.4 is 11.1 Å². The Hall–Kier alpha value is -2.21. The van der Waals surface area contributed by atoms with Crippen LogP contribution in [0.25, 0.3) is 0 Å². The highest BCUT2D eigenvalue weighted by Crippen LogP contribution is 2.25. The number of hydrogen-bond acceptors (Lipinski definition) is 4. The monoisotopic (exact) mass is 322 g/mol. The van der Waals surface area contributed by atoms with Crippen LogP contribution in [-0.2, 0) is 0 Å². The molecule has 2 aromatic carbocycles. The summed E-state index contributed by atoms with van der Waals surface area (Å²) in [6.07, 6.45) is 0. The van der Waals surface area contributed by atoms with Crippen LogP contribution in [0.2, 0.25) is 0 Å². The average Bonchev–Trinajstić information content (AvgIpc) is 2.31. The minimum atomic E-state index is -0.472. The summed E-state index contributed by atoms with van der Waals surface area (Å²) >= 11 is 3.27. The van der Waals surface area contributed by atoms with Gasteiger partial charge in [0.05, 0.1) is 11.4 Å². The lowest BCUT2D eigenvalue weighted by atomic mass is 10.1. The molecule has 0 radical (unpaired) electrons. The van der Waals surface area contributed by atoms with Crippen LogP contribution in [0, 0.1) is 0 Å². The molecule has 5 N–H and O–H groups in total. The summed E-state index contributed by atoms with van der Waals surface area (Å²) < 4.78 is 0.804. The number of anilines is 2. The van der Waals surface area contributed by atoms with Crippen LogP contribution >= 0.6 is 15.9 Å². The number of nitrogen functional groups attached to an aromatic ring is 1. The Kier molecular flexibility index (Phi) is 3.62. The molecule has 0 aliphatic carbocycles. The van der Waals surface area contributed by atoms with E-state index >= 15 is 0 Å². The van der Waals surface area contributed by atoms with Gasteiger partial charge in [0, 0.05) is 16.1 Å². The second kappa shape index (κ2) is 5.19. The number of aromatic hydroxyl groups is 2. The van der Waals surface area contributed by atoms with Crippen molar-refractivity contribution < 1.29 is 15.0 Å². The van der Waals surface area contributed by atoms with E-state index in [0.29, 0.717) is 11.4 Å². The van der Waals surface area contributed by atoms with Crippen LogP contribution in [0.3, 0.4) is 0 Å². The van der Waals surface area contributed by atoms with E-state index in [-0.39, 0.29) is 17.1 Å². The third-order valence-electron chi connectivity index (χ3n) is 2.43. The predicted molar refractivity (Wildman–Crippen MR) is 76.3 cm³/mol. The molecule has 2 rings (SSSR count). The normalized spacial score (nSPS) is 10.2. The molecule has 0 aliphatic heterocycles. The molecule has 0 saturated heterocycles. The van der Waals surface area contributed by atoms with Crippen LogP contribution in [0.15, 0.2) is 40.9 Å². The van der Waals surface area contributed by atoms with Crippen molar-refractivity contribution in [3.05, 3.63) is 46.4 Å². The summed E-state index contributed by atoms with van der Waals surface area (Å²) in [6.45, 7) is 0. The number of rotatable bonds is 2. The zero-order chi connectivity index (χ0) is 14.0. The maximum atomic E-state index is 12.0. The molecule has 0 atom stereocenters. The minimum absolute atomic E-state index is 0.139. The lowest BCUT2D eigenvalue weighted by molar-refractivity contribution is 0.102. The zero-order valence-corrected chi connectivity index (χ0v) is 11.3. The van der Waals surface area contributed by atoms with Crippen molar-refractivity contribution in [2.24, 2.45) is 0 Å². The second-order valence-corrected chi connectivity index (χ2v) is 4.84. The van der Waals surface area contributed by atoms with E-state index in [9.17, 15) is 15.0 Å². The van der Waals surface area contributed by atoms with Crippen LogP contribution in [0.1, 0.15) is 10.4 Å². The predicted octanol–water partition coefficient (Wildman–Crippen LogP) is 2.69. The van der Waals surface area contributed by atoms with Gasteiger partial charge in [-0.25, -0.2) is 0 Å². The maximum absolute atomic E-state index is 12.0. The molecule has 0 aliphatic rings. The standard InChI is InChI=1S/C13H11BrN2O3/c14-8-1-2-12(11(15)5-8)16-13(19)7-3-9(17)6-10(18)4-7/h1-6,17-18H,15H2,(H,16,19). The van der Waals surface area contributed by atoms with E-state index in [0.717, 1.165) is 10.5 Å². The molecule has 98 valence electrons. The van der Waals surface area contributed by atoms with Crippen molar-refractivity contribution in [2.75, 3.05) is 11.1 Å². The first kappa shape index (κ1) is 13.2. The molecular weight excluding hydrogens is 312 g/mol. The summed E-state index contributed by atoms with van der Waals surface area (Å²) in [7, 11) is 0. The van der Waals surface area contributed by atoms with Gasteiger partial charge in [-0.05, 0) is 30.3 Å². The summed E-state index contributed by atoms with van der Waals surface area (Å²) in [5.74, 6) is -0.844. The zero-order valence-electron chi connectivity index (χ0n) is 9.72. The Labute approximate surface area is 117 Å². The van der Waals surface area contributed by atoms with Crippen molar-refractivity contribution in [3.63, 3.8) is 0 Å². The number of phenolic OH excluding ortho intramolecular Hbond substituents is 2. The number of nitrogens with two attached hydrogens (primary N) is 1. The second-order valence-electron chi connectivity index (χ2n) is 3.92. The molecule has 2 aromatic rings. The SMILES string of the molecule is Nc1cc(Br)ccc1NC(=O)c1cc(O)cc(O)c1. The highest BCUT2D eigenvalue weighted by atomic mass is 79.9. The van der Waals surface area contributed by atoms with E-state index in [2.05, 4.69) is 21.2 Å². The summed E-state index contributed by atoms with van der Waals surface area (Å²) in [5.41, 5.74) is 6.77. The number of halogens is 1. The number of benzene rings is 2. The molecule has 0 saturated carbocycles. The number of nitrogens with one attached hydrogen (secondary N) is 1. The van der Waals surface area contributed by atoms with Crippen molar-refractivity contribution >= 4 is 33.2 Å². The van der Waals surface area contributed by atoms with Gasteiger partial charge in [-0.15, -0.1) is 0 Å². The lowest BCUT2D eigenvalue weighted by Gasteiger charge is -2.09. The lowest BCUT2D eigenvalue weighted by Crippen LogP contribution is -2.13. The first-order chi connectivity index (χ1) is 8.95. The van der Waals surface area contributed by atoms with Crippen molar-refractivity contribution in [3.8, 4) is 11.5 Å². The number of amides is 1. The number of hydrogen-bond donors (Lipinski definition) is 4. The third kappa shape index (κ3) is 3.17. The molecule has 0 heterocycles. The fourth-order valence-electron chi connectivity index (χ4n) is 1.57. The number of carbonyl (C=O) groups excluding carboxylic acids is 1. The first-order valence-corrected chi connectivity index (χ1v) is 6.14. The van der Waals surface area contributed by atoms with E-state index in [4.69, 9.17) is 5.73 Å². The largest absolute Gasteiger partial charge is 0.508 e. The topological polar surface area (TPSA) is 95.6 Å². The van der Waals surface area contributed by atoms with E-state index < -0.39 is 5.91 Å². The average molecular weight is 323 g/mol. The Balaban J connectivity index is 2.25. The molecular formula is C13H11BrN2O3. The van der Waals surface area contributed by atoms with Gasteiger partial charge in [0.25, 0.3) is 5.91 Å². The van der Waals surface area contributed by atoms with Crippen molar-refractivity contribution in [1.29, 1.82) is 0 Å². The highest BCUT2D eigenvalue weighted by molar-refractivity contribution is 9.10. The Morgan fingerprint density at radius 1 is 1.11 bits per heavy atom. The molecule has 0 aromatic heterocycles. The molecule has 0 unspecified atom stereocenters. The molecule has 1 amide bonds. The van der Waals surface area contributed by atoms with E-state index in [1.807, 2.05) is 0 Å². The minimum Gasteiger partial charge on any atom is -0.508 e. The van der Waals surface area contributed by atoms with E-state index in [1.54, 1.807) is 18.2 Å². The van der Waals surface area contributed by atoms with Gasteiger partial charge in [0.1, 0.15) is 11.5 Å². The van der Waals surface area contributed by atoms with Crippen LogP contribution in [0.5, 0.6) is 11.5 Å². The van der Waals surface area contributed by atoms with Crippen molar-refractivity contribution in [2.45, 2.75) is 0 Å². The molecule has 19 heavy (non-hydrogen) atoms. The molecule has 6 heteroatoms. The fraction of sp³-hybridized carbons (Fsp3) is 0. The van der Waals surface area contributed by atoms with Gasteiger partial charge >= 0.3 is 0 Å². The highest BCUT2D eigenvalue weighted by Gasteiger charge is 2.10. The van der Waals surface area contributed by atoms with Gasteiger partial charge in [-0.2, -0.15) is 0 Å². The Bertz CT molecular complexity index is 624. The van der Waals surface area contributed by atoms with Gasteiger partial charge in [0.15, 0.2) is 0 Å². The van der Waals surface area contributed by atoms with E-state index in [1.165, 1.54) is 12.1 Å². The molecule has 5 nitrogen and oxygen atoms in total. The van der Waals surface area contributed by atoms with Crippen LogP contribution in [-0.4, -0.2) is 16.1 Å². The molecule has 0 spiro atoms. The van der Waals surface area contributed by atoms with Crippen molar-refractivity contribution in [1.82, 2.24) is 0 Å². The maximum Gasteiger partial charge on any atom is 0.255 e. The fourth-order valence-corrected chi connectivity index (χ4v) is 1.95.